The van der Waals surface area contributed by atoms with E-state index in [4.69, 9.17) is 9.15 Å². The van der Waals surface area contributed by atoms with Crippen molar-refractivity contribution in [1.82, 2.24) is 25.8 Å². The van der Waals surface area contributed by atoms with Crippen LogP contribution in [0.1, 0.15) is 11.4 Å². The van der Waals surface area contributed by atoms with E-state index in [0.29, 0.717) is 36.5 Å². The second kappa shape index (κ2) is 9.80. The molecule has 0 unspecified atom stereocenters. The van der Waals surface area contributed by atoms with Crippen LogP contribution in [0.15, 0.2) is 52.1 Å². The Kier molecular flexibility index (Phi) is 7.45. The summed E-state index contributed by atoms with van der Waals surface area (Å²) in [7, 11) is 3.37. The highest BCUT2D eigenvalue weighted by Gasteiger charge is 2.09. The number of ether oxygens (including phenoxy) is 1. The number of para-hydroxylation sites is 1. The largest absolute Gasteiger partial charge is 0.496 e. The average molecular weight is 468 g/mol. The van der Waals surface area contributed by atoms with Crippen molar-refractivity contribution in [1.29, 1.82) is 0 Å². The number of nitrogens with zero attached hydrogens (tertiary/aromatic N) is 3. The number of aromatic amines is 1. The van der Waals surface area contributed by atoms with Crippen molar-refractivity contribution in [2.75, 3.05) is 14.2 Å². The van der Waals surface area contributed by atoms with Crippen molar-refractivity contribution >= 4 is 29.9 Å². The molecule has 0 spiro atoms. The molecule has 26 heavy (non-hydrogen) atoms. The standard InChI is InChI=1S/C17H20N6O2.HI/c1-18-17(19-10-12-6-3-4-7-13(12)24-2)20-11-15-21-16(23-22-15)14-8-5-9-25-14;/h3-9H,10-11H2,1-2H3,(H2,18,19,20)(H,21,22,23);1H. The molecule has 0 amide bonds. The molecule has 8 nitrogen and oxygen atoms in total. The van der Waals surface area contributed by atoms with Crippen LogP contribution < -0.4 is 15.4 Å². The molecule has 0 aliphatic rings. The number of rotatable bonds is 6. The number of nitrogens with one attached hydrogen (secondary N) is 3. The van der Waals surface area contributed by atoms with E-state index in [2.05, 4.69) is 30.8 Å². The number of H-pyrrole nitrogens is 1. The minimum atomic E-state index is 0. The van der Waals surface area contributed by atoms with Gasteiger partial charge in [-0.3, -0.25) is 10.1 Å². The zero-order valence-electron chi connectivity index (χ0n) is 14.5. The molecule has 3 rings (SSSR count). The second-order valence-corrected chi connectivity index (χ2v) is 5.17. The van der Waals surface area contributed by atoms with Crippen LogP contribution in [0.25, 0.3) is 11.6 Å². The maximum Gasteiger partial charge on any atom is 0.216 e. The molecule has 3 aromatic rings. The number of hydrogen-bond acceptors (Lipinski definition) is 5. The fraction of sp³-hybridized carbons (Fsp3) is 0.235. The summed E-state index contributed by atoms with van der Waals surface area (Å²) in [6.45, 7) is 1.05. The van der Waals surface area contributed by atoms with Crippen molar-refractivity contribution in [3.05, 3.63) is 54.0 Å². The van der Waals surface area contributed by atoms with E-state index in [1.165, 1.54) is 0 Å². The summed E-state index contributed by atoms with van der Waals surface area (Å²) in [4.78, 5) is 8.58. The van der Waals surface area contributed by atoms with Crippen LogP contribution in [-0.2, 0) is 13.1 Å². The Morgan fingerprint density at radius 2 is 2.00 bits per heavy atom. The van der Waals surface area contributed by atoms with Crippen LogP contribution in [0, 0.1) is 0 Å². The first kappa shape index (κ1) is 19.8. The van der Waals surface area contributed by atoms with Crippen molar-refractivity contribution < 1.29 is 9.15 Å². The Bertz CT molecular complexity index is 831. The molecule has 9 heteroatoms. The normalized spacial score (nSPS) is 10.9. The molecule has 3 N–H and O–H groups in total. The van der Waals surface area contributed by atoms with E-state index in [1.54, 1.807) is 26.5 Å². The third-order valence-electron chi connectivity index (χ3n) is 3.56. The first-order valence-corrected chi connectivity index (χ1v) is 7.81. The number of guanidine groups is 1. The highest BCUT2D eigenvalue weighted by molar-refractivity contribution is 14.0. The van der Waals surface area contributed by atoms with E-state index in [0.717, 1.165) is 11.3 Å². The summed E-state index contributed by atoms with van der Waals surface area (Å²) < 4.78 is 10.6. The molecule has 2 aromatic heterocycles. The number of methoxy groups -OCH3 is 1. The van der Waals surface area contributed by atoms with E-state index in [9.17, 15) is 0 Å². The van der Waals surface area contributed by atoms with Crippen molar-refractivity contribution in [3.63, 3.8) is 0 Å². The molecule has 0 saturated heterocycles. The first-order valence-electron chi connectivity index (χ1n) is 7.81. The van der Waals surface area contributed by atoms with Crippen LogP contribution in [0.3, 0.4) is 0 Å². The second-order valence-electron chi connectivity index (χ2n) is 5.17. The molecular weight excluding hydrogens is 447 g/mol. The van der Waals surface area contributed by atoms with Gasteiger partial charge in [0, 0.05) is 19.2 Å². The molecule has 1 aromatic carbocycles. The van der Waals surface area contributed by atoms with Crippen molar-refractivity contribution in [2.45, 2.75) is 13.1 Å². The van der Waals surface area contributed by atoms with Gasteiger partial charge in [-0.05, 0) is 18.2 Å². The van der Waals surface area contributed by atoms with Gasteiger partial charge in [0.05, 0.1) is 19.9 Å². The molecule has 0 saturated carbocycles. The van der Waals surface area contributed by atoms with Crippen LogP contribution in [-0.4, -0.2) is 35.3 Å². The maximum absolute atomic E-state index is 5.35. The molecular formula is C17H21IN6O2. The fourth-order valence-corrected chi connectivity index (χ4v) is 2.31. The third-order valence-corrected chi connectivity index (χ3v) is 3.56. The number of benzene rings is 1. The van der Waals surface area contributed by atoms with Gasteiger partial charge in [0.1, 0.15) is 11.6 Å². The van der Waals surface area contributed by atoms with Gasteiger partial charge >= 0.3 is 0 Å². The van der Waals surface area contributed by atoms with Gasteiger partial charge in [-0.25, -0.2) is 4.98 Å². The highest BCUT2D eigenvalue weighted by atomic mass is 127. The van der Waals surface area contributed by atoms with Gasteiger partial charge in [0.2, 0.25) is 5.82 Å². The molecule has 138 valence electrons. The zero-order chi connectivity index (χ0) is 17.5. The minimum Gasteiger partial charge on any atom is -0.496 e. The summed E-state index contributed by atoms with van der Waals surface area (Å²) in [5.41, 5.74) is 1.05. The quantitative estimate of drug-likeness (QED) is 0.292. The maximum atomic E-state index is 5.35. The topological polar surface area (TPSA) is 100 Å². The summed E-state index contributed by atoms with van der Waals surface area (Å²) in [6.07, 6.45) is 1.59. The number of halogens is 1. The molecule has 0 bridgehead atoms. The molecule has 0 aliphatic carbocycles. The molecule has 0 fully saturated rings. The van der Waals surface area contributed by atoms with Crippen LogP contribution in [0.2, 0.25) is 0 Å². The Morgan fingerprint density at radius 3 is 2.73 bits per heavy atom. The van der Waals surface area contributed by atoms with Gasteiger partial charge < -0.3 is 19.8 Å². The monoisotopic (exact) mass is 468 g/mol. The lowest BCUT2D eigenvalue weighted by molar-refractivity contribution is 0.409. The minimum absolute atomic E-state index is 0. The third kappa shape index (κ3) is 4.97. The predicted octanol–water partition coefficient (Wildman–Crippen LogP) is 2.56. The average Bonchev–Trinajstić information content (AvgIpc) is 3.33. The predicted molar refractivity (Wildman–Crippen MR) is 110 cm³/mol. The summed E-state index contributed by atoms with van der Waals surface area (Å²) in [6, 6.07) is 11.5. The smallest absolute Gasteiger partial charge is 0.216 e. The SMILES string of the molecule is CN=C(NCc1nc(-c2ccco2)n[nH]1)NCc1ccccc1OC.I. The van der Waals surface area contributed by atoms with Gasteiger partial charge in [-0.15, -0.1) is 29.1 Å². The lowest BCUT2D eigenvalue weighted by Crippen LogP contribution is -2.36. The van der Waals surface area contributed by atoms with Gasteiger partial charge in [-0.1, -0.05) is 18.2 Å². The summed E-state index contributed by atoms with van der Waals surface area (Å²) >= 11 is 0. The summed E-state index contributed by atoms with van der Waals surface area (Å²) in [5.74, 6) is 3.33. The first-order chi connectivity index (χ1) is 12.3. The number of hydrogen-bond donors (Lipinski definition) is 3. The lowest BCUT2D eigenvalue weighted by atomic mass is 10.2. The van der Waals surface area contributed by atoms with E-state index < -0.39 is 0 Å². The van der Waals surface area contributed by atoms with E-state index in [1.807, 2.05) is 30.3 Å². The lowest BCUT2D eigenvalue weighted by Gasteiger charge is -2.12. The van der Waals surface area contributed by atoms with Crippen molar-refractivity contribution in [3.8, 4) is 17.3 Å². The number of aliphatic imine (C=N–C) groups is 1. The van der Waals surface area contributed by atoms with Crippen LogP contribution >= 0.6 is 24.0 Å². The number of aromatic nitrogens is 3. The Labute approximate surface area is 168 Å². The molecule has 0 radical (unpaired) electrons. The molecule has 0 atom stereocenters. The van der Waals surface area contributed by atoms with Crippen molar-refractivity contribution in [2.24, 2.45) is 4.99 Å². The fourth-order valence-electron chi connectivity index (χ4n) is 2.31. The molecule has 0 aliphatic heterocycles. The van der Waals surface area contributed by atoms with Gasteiger partial charge in [0.25, 0.3) is 0 Å². The van der Waals surface area contributed by atoms with Crippen LogP contribution in [0.4, 0.5) is 0 Å². The number of furan rings is 1. The zero-order valence-corrected chi connectivity index (χ0v) is 16.9. The Balaban J connectivity index is 0.00000243. The van der Waals surface area contributed by atoms with E-state index >= 15 is 0 Å². The Morgan fingerprint density at radius 1 is 1.19 bits per heavy atom. The Hall–Kier alpha value is -2.56. The van der Waals surface area contributed by atoms with Gasteiger partial charge in [-0.2, -0.15) is 0 Å². The van der Waals surface area contributed by atoms with Crippen LogP contribution in [0.5, 0.6) is 5.75 Å². The van der Waals surface area contributed by atoms with E-state index in [-0.39, 0.29) is 24.0 Å². The molecule has 2 heterocycles. The van der Waals surface area contributed by atoms with Gasteiger partial charge in [0.15, 0.2) is 11.7 Å². The summed E-state index contributed by atoms with van der Waals surface area (Å²) in [5, 5.41) is 13.4. The highest BCUT2D eigenvalue weighted by Crippen LogP contribution is 2.16.